The van der Waals surface area contributed by atoms with Gasteiger partial charge in [0.15, 0.2) is 9.84 Å². The van der Waals surface area contributed by atoms with Crippen LogP contribution in [0.25, 0.3) is 22.3 Å². The average Bonchev–Trinajstić information content (AvgIpc) is 2.96. The van der Waals surface area contributed by atoms with Crippen molar-refractivity contribution in [1.82, 2.24) is 24.8 Å². The second kappa shape index (κ2) is 12.3. The van der Waals surface area contributed by atoms with Gasteiger partial charge in [0.25, 0.3) is 6.43 Å². The van der Waals surface area contributed by atoms with Crippen LogP contribution in [-0.4, -0.2) is 59.4 Å². The largest absolute Gasteiger partial charge is 0.351 e. The van der Waals surface area contributed by atoms with Crippen LogP contribution in [-0.2, 0) is 22.0 Å². The van der Waals surface area contributed by atoms with Gasteiger partial charge in [0, 0.05) is 28.9 Å². The Morgan fingerprint density at radius 2 is 1.76 bits per heavy atom. The molecule has 5 rings (SSSR count). The molecule has 3 aromatic heterocycles. The predicted molar refractivity (Wildman–Crippen MR) is 160 cm³/mol. The van der Waals surface area contributed by atoms with Crippen LogP contribution in [0.4, 0.5) is 14.7 Å². The minimum Gasteiger partial charge on any atom is -0.351 e. The van der Waals surface area contributed by atoms with Crippen molar-refractivity contribution in [3.63, 3.8) is 0 Å². The Morgan fingerprint density at radius 1 is 1.02 bits per heavy atom. The van der Waals surface area contributed by atoms with Gasteiger partial charge in [-0.05, 0) is 83.0 Å². The molecule has 0 unspecified atom stereocenters. The highest BCUT2D eigenvalue weighted by atomic mass is 32.2. The molecule has 4 aromatic rings. The van der Waals surface area contributed by atoms with Crippen molar-refractivity contribution in [1.29, 1.82) is 0 Å². The highest BCUT2D eigenvalue weighted by Crippen LogP contribution is 2.30. The van der Waals surface area contributed by atoms with Gasteiger partial charge in [-0.25, -0.2) is 32.2 Å². The Morgan fingerprint density at radius 3 is 2.43 bits per heavy atom. The Balaban J connectivity index is 1.38. The summed E-state index contributed by atoms with van der Waals surface area (Å²) in [6.07, 6.45) is 4.02. The quantitative estimate of drug-likeness (QED) is 0.246. The number of sulfone groups is 1. The van der Waals surface area contributed by atoms with Crippen LogP contribution in [0.15, 0.2) is 53.6 Å². The van der Waals surface area contributed by atoms with E-state index in [0.717, 1.165) is 54.8 Å². The monoisotopic (exact) mass is 594 g/mol. The summed E-state index contributed by atoms with van der Waals surface area (Å²) in [6.45, 7) is 3.84. The van der Waals surface area contributed by atoms with Gasteiger partial charge in [-0.2, -0.15) is 0 Å². The number of nitrogens with one attached hydrogen (secondary N) is 1. The Bertz CT molecular complexity index is 1690. The number of alkyl halides is 2. The summed E-state index contributed by atoms with van der Waals surface area (Å²) in [5.41, 5.74) is 4.28. The van der Waals surface area contributed by atoms with E-state index in [1.165, 1.54) is 18.2 Å². The van der Waals surface area contributed by atoms with E-state index in [0.29, 0.717) is 34.9 Å². The van der Waals surface area contributed by atoms with Gasteiger partial charge < -0.3 is 10.2 Å². The van der Waals surface area contributed by atoms with Crippen molar-refractivity contribution in [3.8, 4) is 11.3 Å². The normalized spacial score (nSPS) is 17.7. The van der Waals surface area contributed by atoms with Crippen LogP contribution in [0.1, 0.15) is 61.5 Å². The molecule has 222 valence electrons. The van der Waals surface area contributed by atoms with Crippen LogP contribution in [0.2, 0.25) is 0 Å². The number of nitrogens with zero attached hydrogens (tertiary/aromatic N) is 5. The van der Waals surface area contributed by atoms with Crippen molar-refractivity contribution in [2.24, 2.45) is 0 Å². The highest BCUT2D eigenvalue weighted by Gasteiger charge is 2.25. The fraction of sp³-hybridized carbons (Fsp3) is 0.419. The van der Waals surface area contributed by atoms with Crippen LogP contribution < -0.4 is 5.32 Å². The summed E-state index contributed by atoms with van der Waals surface area (Å²) in [5.74, 6) is 0.126. The molecule has 1 aliphatic carbocycles. The third-order valence-electron chi connectivity index (χ3n) is 8.01. The van der Waals surface area contributed by atoms with Crippen molar-refractivity contribution in [2.45, 2.75) is 75.1 Å². The maximum atomic E-state index is 13.4. The lowest BCUT2D eigenvalue weighted by Gasteiger charge is -2.32. The van der Waals surface area contributed by atoms with Crippen molar-refractivity contribution in [2.75, 3.05) is 19.4 Å². The topological polar surface area (TPSA) is 101 Å². The summed E-state index contributed by atoms with van der Waals surface area (Å²) < 4.78 is 52.9. The number of aromatic nitrogens is 4. The molecule has 42 heavy (non-hydrogen) atoms. The second-order valence-corrected chi connectivity index (χ2v) is 13.1. The van der Waals surface area contributed by atoms with Crippen molar-refractivity contribution >= 4 is 26.8 Å². The van der Waals surface area contributed by atoms with Crippen LogP contribution in [0, 0.1) is 6.92 Å². The number of hydrogen-bond acceptors (Lipinski definition) is 8. The molecule has 1 fully saturated rings. The minimum atomic E-state index is -4.03. The van der Waals surface area contributed by atoms with Crippen LogP contribution in [0.3, 0.4) is 0 Å². The van der Waals surface area contributed by atoms with E-state index in [1.807, 2.05) is 6.07 Å². The SMILES string of the molecule is CCc1cc(-c2ccc(CS(=O)(=O)c3ccccc3C(F)F)nc2C)nc2cnc(NC3CCC(N(C)C)CC3)nc12. The fourth-order valence-corrected chi connectivity index (χ4v) is 7.17. The lowest BCUT2D eigenvalue weighted by Crippen LogP contribution is -2.36. The zero-order valence-electron chi connectivity index (χ0n) is 24.3. The number of hydrogen-bond donors (Lipinski definition) is 1. The first-order valence-electron chi connectivity index (χ1n) is 14.2. The van der Waals surface area contributed by atoms with Crippen molar-refractivity contribution in [3.05, 3.63) is 71.2 Å². The van der Waals surface area contributed by atoms with Gasteiger partial charge in [0.05, 0.1) is 33.7 Å². The van der Waals surface area contributed by atoms with E-state index in [2.05, 4.69) is 41.2 Å². The van der Waals surface area contributed by atoms with Crippen LogP contribution in [0.5, 0.6) is 0 Å². The number of benzene rings is 1. The summed E-state index contributed by atoms with van der Waals surface area (Å²) in [5, 5.41) is 3.52. The molecule has 1 aliphatic rings. The summed E-state index contributed by atoms with van der Waals surface area (Å²) in [6, 6.07) is 11.5. The first-order valence-corrected chi connectivity index (χ1v) is 15.9. The fourth-order valence-electron chi connectivity index (χ4n) is 5.67. The second-order valence-electron chi connectivity index (χ2n) is 11.1. The van der Waals surface area contributed by atoms with Crippen molar-refractivity contribution < 1.29 is 17.2 Å². The Kier molecular flexibility index (Phi) is 8.79. The van der Waals surface area contributed by atoms with Gasteiger partial charge in [0.1, 0.15) is 5.52 Å². The molecule has 0 spiro atoms. The van der Waals surface area contributed by atoms with E-state index < -0.39 is 27.6 Å². The molecule has 0 saturated heterocycles. The number of fused-ring (bicyclic) bond motifs is 1. The molecule has 0 radical (unpaired) electrons. The van der Waals surface area contributed by atoms with Crippen LogP contribution >= 0.6 is 0 Å². The molecular formula is C31H36F2N6O2S. The minimum absolute atomic E-state index is 0.274. The summed E-state index contributed by atoms with van der Waals surface area (Å²) in [4.78, 5) is 20.6. The third kappa shape index (κ3) is 6.42. The van der Waals surface area contributed by atoms with E-state index in [1.54, 1.807) is 25.3 Å². The number of pyridine rings is 2. The zero-order chi connectivity index (χ0) is 30.0. The number of aryl methyl sites for hydroxylation is 2. The maximum Gasteiger partial charge on any atom is 0.265 e. The molecule has 8 nitrogen and oxygen atoms in total. The van der Waals surface area contributed by atoms with Gasteiger partial charge in [-0.15, -0.1) is 0 Å². The molecule has 1 saturated carbocycles. The molecule has 0 amide bonds. The lowest BCUT2D eigenvalue weighted by molar-refractivity contribution is 0.148. The smallest absolute Gasteiger partial charge is 0.265 e. The molecule has 11 heteroatoms. The van der Waals surface area contributed by atoms with E-state index >= 15 is 0 Å². The standard InChI is InChI=1S/C31H36F2N6O2S/c1-5-20-16-26(37-27-17-34-31(38-29(20)27)36-21-10-13-23(14-11-21)39(3)4)24-15-12-22(35-19(24)2)18-42(40,41)28-9-7-6-8-25(28)30(32)33/h6-9,12,15-17,21,23,30H,5,10-11,13-14,18H2,1-4H3,(H,34,36,38). The number of anilines is 1. The third-order valence-corrected chi connectivity index (χ3v) is 9.73. The van der Waals surface area contributed by atoms with E-state index in [-0.39, 0.29) is 10.6 Å². The summed E-state index contributed by atoms with van der Waals surface area (Å²) in [7, 11) is 0.239. The van der Waals surface area contributed by atoms with Gasteiger partial charge in [-0.1, -0.05) is 25.1 Å². The molecular weight excluding hydrogens is 558 g/mol. The number of halogens is 2. The molecule has 1 N–H and O–H groups in total. The van der Waals surface area contributed by atoms with Gasteiger partial charge in [0.2, 0.25) is 5.95 Å². The molecule has 0 bridgehead atoms. The average molecular weight is 595 g/mol. The lowest BCUT2D eigenvalue weighted by atomic mass is 9.91. The Labute approximate surface area is 245 Å². The van der Waals surface area contributed by atoms with E-state index in [4.69, 9.17) is 9.97 Å². The predicted octanol–water partition coefficient (Wildman–Crippen LogP) is 6.15. The van der Waals surface area contributed by atoms with Gasteiger partial charge in [-0.3, -0.25) is 4.98 Å². The Hall–Kier alpha value is -3.57. The van der Waals surface area contributed by atoms with Gasteiger partial charge >= 0.3 is 0 Å². The molecule has 0 atom stereocenters. The first-order chi connectivity index (χ1) is 20.1. The number of rotatable bonds is 9. The maximum absolute atomic E-state index is 13.4. The van der Waals surface area contributed by atoms with E-state index in [9.17, 15) is 17.2 Å². The molecule has 0 aliphatic heterocycles. The summed E-state index contributed by atoms with van der Waals surface area (Å²) >= 11 is 0. The molecule has 3 heterocycles. The zero-order valence-corrected chi connectivity index (χ0v) is 25.1. The molecule has 1 aromatic carbocycles. The highest BCUT2D eigenvalue weighted by molar-refractivity contribution is 7.90. The first kappa shape index (κ1) is 29.9.